The molecular formula is C22H22N2O5. The van der Waals surface area contributed by atoms with E-state index in [1.54, 1.807) is 13.2 Å². The largest absolute Gasteiger partial charge is 0.493 e. The number of nitrogens with zero attached hydrogens (tertiary/aromatic N) is 2. The monoisotopic (exact) mass is 394 g/mol. The lowest BCUT2D eigenvalue weighted by Gasteiger charge is -2.10. The van der Waals surface area contributed by atoms with Gasteiger partial charge in [-0.1, -0.05) is 35.9 Å². The zero-order valence-electron chi connectivity index (χ0n) is 16.5. The highest BCUT2D eigenvalue weighted by Gasteiger charge is 2.13. The number of carbonyl (C=O) groups excluding carboxylic acids is 1. The van der Waals surface area contributed by atoms with E-state index in [4.69, 9.17) is 18.6 Å². The molecule has 0 atom stereocenters. The van der Waals surface area contributed by atoms with E-state index in [1.165, 1.54) is 0 Å². The minimum Gasteiger partial charge on any atom is -0.493 e. The van der Waals surface area contributed by atoms with Crippen LogP contribution in [0.3, 0.4) is 0 Å². The third-order valence-corrected chi connectivity index (χ3v) is 3.98. The van der Waals surface area contributed by atoms with Crippen molar-refractivity contribution in [2.45, 2.75) is 20.5 Å². The fourth-order valence-corrected chi connectivity index (χ4v) is 2.63. The van der Waals surface area contributed by atoms with Crippen molar-refractivity contribution in [1.29, 1.82) is 0 Å². The highest BCUT2D eigenvalue weighted by atomic mass is 16.6. The number of benzene rings is 2. The number of esters is 1. The molecule has 0 N–H and O–H groups in total. The predicted molar refractivity (Wildman–Crippen MR) is 107 cm³/mol. The lowest BCUT2D eigenvalue weighted by Crippen LogP contribution is -2.15. The molecule has 0 aliphatic rings. The van der Waals surface area contributed by atoms with Gasteiger partial charge in [-0.15, -0.1) is 10.2 Å². The zero-order valence-corrected chi connectivity index (χ0v) is 16.5. The molecule has 0 amide bonds. The summed E-state index contributed by atoms with van der Waals surface area (Å²) in [6.07, 6.45) is 3.87. The van der Waals surface area contributed by atoms with Gasteiger partial charge in [0.05, 0.1) is 7.11 Å². The standard InChI is InChI=1S/C22H22N2O5/c1-4-6-16-9-10-18(19(12-16)26-3)27-14-21(25)28-13-20-23-24-22(29-20)17-8-5-7-15(2)11-17/h4-12H,13-14H2,1-3H3/b6-4+. The van der Waals surface area contributed by atoms with Crippen molar-refractivity contribution in [3.63, 3.8) is 0 Å². The van der Waals surface area contributed by atoms with E-state index >= 15 is 0 Å². The summed E-state index contributed by atoms with van der Waals surface area (Å²) < 4.78 is 21.5. The van der Waals surface area contributed by atoms with E-state index in [0.717, 1.165) is 16.7 Å². The van der Waals surface area contributed by atoms with Gasteiger partial charge in [-0.25, -0.2) is 4.79 Å². The van der Waals surface area contributed by atoms with Gasteiger partial charge in [-0.2, -0.15) is 0 Å². The van der Waals surface area contributed by atoms with Gasteiger partial charge in [0.2, 0.25) is 5.89 Å². The number of ether oxygens (including phenoxy) is 3. The van der Waals surface area contributed by atoms with E-state index in [9.17, 15) is 4.79 Å². The highest BCUT2D eigenvalue weighted by Crippen LogP contribution is 2.28. The highest BCUT2D eigenvalue weighted by molar-refractivity contribution is 5.71. The van der Waals surface area contributed by atoms with Crippen LogP contribution in [0, 0.1) is 6.92 Å². The molecule has 0 saturated carbocycles. The van der Waals surface area contributed by atoms with Gasteiger partial charge in [-0.3, -0.25) is 0 Å². The van der Waals surface area contributed by atoms with E-state index < -0.39 is 5.97 Å². The minimum absolute atomic E-state index is 0.127. The van der Waals surface area contributed by atoms with Crippen LogP contribution < -0.4 is 9.47 Å². The Morgan fingerprint density at radius 3 is 2.76 bits per heavy atom. The number of carbonyl (C=O) groups is 1. The molecule has 0 aliphatic carbocycles. The van der Waals surface area contributed by atoms with Gasteiger partial charge in [0.15, 0.2) is 24.7 Å². The van der Waals surface area contributed by atoms with Crippen LogP contribution in [0.2, 0.25) is 0 Å². The first-order chi connectivity index (χ1) is 14.1. The van der Waals surface area contributed by atoms with E-state index in [2.05, 4.69) is 10.2 Å². The van der Waals surface area contributed by atoms with Crippen LogP contribution in [0.25, 0.3) is 17.5 Å². The summed E-state index contributed by atoms with van der Waals surface area (Å²) in [5, 5.41) is 7.89. The number of hydrogen-bond donors (Lipinski definition) is 0. The average Bonchev–Trinajstić information content (AvgIpc) is 3.20. The Balaban J connectivity index is 1.53. The van der Waals surface area contributed by atoms with Crippen LogP contribution in [0.4, 0.5) is 0 Å². The molecule has 0 aliphatic heterocycles. The summed E-state index contributed by atoms with van der Waals surface area (Å²) in [5.74, 6) is 1.02. The molecule has 2 aromatic carbocycles. The number of aryl methyl sites for hydroxylation is 1. The third-order valence-electron chi connectivity index (χ3n) is 3.98. The molecule has 150 valence electrons. The van der Waals surface area contributed by atoms with Crippen LogP contribution >= 0.6 is 0 Å². The molecule has 3 aromatic rings. The molecular weight excluding hydrogens is 372 g/mol. The van der Waals surface area contributed by atoms with Crippen molar-refractivity contribution < 1.29 is 23.4 Å². The average molecular weight is 394 g/mol. The van der Waals surface area contributed by atoms with Gasteiger partial charge < -0.3 is 18.6 Å². The molecule has 0 unspecified atom stereocenters. The summed E-state index contributed by atoms with van der Waals surface area (Å²) >= 11 is 0. The third kappa shape index (κ3) is 5.44. The fraction of sp³-hybridized carbons (Fsp3) is 0.227. The van der Waals surface area contributed by atoms with Gasteiger partial charge >= 0.3 is 5.97 Å². The molecule has 0 radical (unpaired) electrons. The lowest BCUT2D eigenvalue weighted by molar-refractivity contribution is -0.148. The minimum atomic E-state index is -0.556. The van der Waals surface area contributed by atoms with Crippen LogP contribution in [-0.4, -0.2) is 29.9 Å². The van der Waals surface area contributed by atoms with E-state index in [0.29, 0.717) is 17.4 Å². The van der Waals surface area contributed by atoms with Crippen molar-refractivity contribution in [2.75, 3.05) is 13.7 Å². The number of allylic oxidation sites excluding steroid dienone is 1. The van der Waals surface area contributed by atoms with Gasteiger partial charge in [0.1, 0.15) is 0 Å². The molecule has 29 heavy (non-hydrogen) atoms. The summed E-state index contributed by atoms with van der Waals surface area (Å²) in [4.78, 5) is 12.0. The fourth-order valence-electron chi connectivity index (χ4n) is 2.63. The Hall–Kier alpha value is -3.61. The first kappa shape index (κ1) is 20.1. The molecule has 0 saturated heterocycles. The van der Waals surface area contributed by atoms with Crippen molar-refractivity contribution >= 4 is 12.0 Å². The quantitative estimate of drug-likeness (QED) is 0.529. The first-order valence-electron chi connectivity index (χ1n) is 9.07. The molecule has 7 heteroatoms. The second kappa shape index (κ2) is 9.54. The van der Waals surface area contributed by atoms with Crippen molar-refractivity contribution in [3.05, 3.63) is 65.6 Å². The van der Waals surface area contributed by atoms with Crippen LogP contribution in [0.15, 0.2) is 53.0 Å². The molecule has 1 aromatic heterocycles. The predicted octanol–water partition coefficient (Wildman–Crippen LogP) is 4.21. The molecule has 7 nitrogen and oxygen atoms in total. The number of hydrogen-bond acceptors (Lipinski definition) is 7. The summed E-state index contributed by atoms with van der Waals surface area (Å²) in [7, 11) is 1.54. The Labute approximate surface area is 168 Å². The second-order valence-corrected chi connectivity index (χ2v) is 6.23. The molecule has 0 bridgehead atoms. The Kier molecular flexibility index (Phi) is 6.63. The van der Waals surface area contributed by atoms with Gasteiger partial charge in [-0.05, 0) is 43.7 Å². The van der Waals surface area contributed by atoms with Crippen LogP contribution in [0.1, 0.15) is 23.9 Å². The molecule has 1 heterocycles. The van der Waals surface area contributed by atoms with Crippen molar-refractivity contribution in [3.8, 4) is 23.0 Å². The van der Waals surface area contributed by atoms with Gasteiger partial charge in [0, 0.05) is 5.56 Å². The maximum atomic E-state index is 12.0. The topological polar surface area (TPSA) is 83.7 Å². The number of methoxy groups -OCH3 is 1. The summed E-state index contributed by atoms with van der Waals surface area (Å²) in [6, 6.07) is 13.1. The Morgan fingerprint density at radius 2 is 2.00 bits per heavy atom. The number of aromatic nitrogens is 2. The summed E-state index contributed by atoms with van der Waals surface area (Å²) in [5.41, 5.74) is 2.87. The summed E-state index contributed by atoms with van der Waals surface area (Å²) in [6.45, 7) is 3.52. The smallest absolute Gasteiger partial charge is 0.344 e. The second-order valence-electron chi connectivity index (χ2n) is 6.23. The normalized spacial score (nSPS) is 10.9. The molecule has 0 spiro atoms. The first-order valence-corrected chi connectivity index (χ1v) is 9.07. The maximum absolute atomic E-state index is 12.0. The van der Waals surface area contributed by atoms with Crippen LogP contribution in [0.5, 0.6) is 11.5 Å². The number of rotatable bonds is 8. The van der Waals surface area contributed by atoms with E-state index in [-0.39, 0.29) is 19.1 Å². The van der Waals surface area contributed by atoms with Crippen molar-refractivity contribution in [1.82, 2.24) is 10.2 Å². The van der Waals surface area contributed by atoms with Crippen LogP contribution in [-0.2, 0) is 16.1 Å². The Bertz CT molecular complexity index is 1010. The van der Waals surface area contributed by atoms with Gasteiger partial charge in [0.25, 0.3) is 5.89 Å². The molecule has 3 rings (SSSR count). The lowest BCUT2D eigenvalue weighted by atomic mass is 10.1. The van der Waals surface area contributed by atoms with E-state index in [1.807, 2.05) is 62.4 Å². The maximum Gasteiger partial charge on any atom is 0.344 e. The van der Waals surface area contributed by atoms with Crippen molar-refractivity contribution in [2.24, 2.45) is 0 Å². The molecule has 0 fully saturated rings. The SMILES string of the molecule is C/C=C/c1ccc(OCC(=O)OCc2nnc(-c3cccc(C)c3)o2)c(OC)c1. The Morgan fingerprint density at radius 1 is 1.14 bits per heavy atom. The zero-order chi connectivity index (χ0) is 20.6.